The molecule has 0 radical (unpaired) electrons. The smallest absolute Gasteiger partial charge is 0.131 e. The van der Waals surface area contributed by atoms with Gasteiger partial charge in [-0.25, -0.2) is 4.98 Å². The largest absolute Gasteiger partial charge is 0.496 e. The Bertz CT molecular complexity index is 761. The Labute approximate surface area is 149 Å². The van der Waals surface area contributed by atoms with E-state index < -0.39 is 0 Å². The van der Waals surface area contributed by atoms with Crippen LogP contribution in [0, 0.1) is 0 Å². The van der Waals surface area contributed by atoms with Crippen LogP contribution in [0.5, 0.6) is 11.5 Å². The summed E-state index contributed by atoms with van der Waals surface area (Å²) in [5.41, 5.74) is 8.60. The van der Waals surface area contributed by atoms with Gasteiger partial charge in [-0.2, -0.15) is 0 Å². The summed E-state index contributed by atoms with van der Waals surface area (Å²) in [5.74, 6) is 2.07. The highest BCUT2D eigenvalue weighted by Gasteiger charge is 2.23. The number of likely N-dealkylation sites (N-methyl/N-ethyl adjacent to an activating group) is 1. The summed E-state index contributed by atoms with van der Waals surface area (Å²) in [4.78, 5) is 6.70. The maximum absolute atomic E-state index is 6.27. The maximum Gasteiger partial charge on any atom is 0.131 e. The number of aromatic nitrogens is 1. The van der Waals surface area contributed by atoms with Crippen LogP contribution in [0.1, 0.15) is 12.0 Å². The van der Waals surface area contributed by atoms with Crippen LogP contribution in [0.25, 0.3) is 11.3 Å². The second-order valence-electron chi connectivity index (χ2n) is 6.39. The van der Waals surface area contributed by atoms with E-state index in [2.05, 4.69) is 29.6 Å². The molecule has 0 spiro atoms. The van der Waals surface area contributed by atoms with Crippen LogP contribution in [-0.2, 0) is 6.42 Å². The van der Waals surface area contributed by atoms with Crippen molar-refractivity contribution in [2.24, 2.45) is 0 Å². The van der Waals surface area contributed by atoms with Crippen molar-refractivity contribution >= 4 is 5.82 Å². The van der Waals surface area contributed by atoms with Crippen molar-refractivity contribution in [1.82, 2.24) is 9.88 Å². The summed E-state index contributed by atoms with van der Waals surface area (Å²) in [6, 6.07) is 9.61. The Balaban J connectivity index is 2.00. The first-order valence-corrected chi connectivity index (χ1v) is 8.50. The quantitative estimate of drug-likeness (QED) is 0.819. The Hall–Kier alpha value is -2.53. The summed E-state index contributed by atoms with van der Waals surface area (Å²) in [6.45, 7) is 5.87. The molecule has 0 saturated carbocycles. The molecule has 1 fully saturated rings. The number of likely N-dealkylation sites (tertiary alicyclic amines) is 1. The van der Waals surface area contributed by atoms with Crippen molar-refractivity contribution in [2.45, 2.75) is 18.9 Å². The van der Waals surface area contributed by atoms with Gasteiger partial charge in [-0.1, -0.05) is 12.1 Å². The number of anilines is 1. The van der Waals surface area contributed by atoms with E-state index in [0.717, 1.165) is 54.3 Å². The molecule has 0 aliphatic carbocycles. The molecule has 1 aliphatic heterocycles. The highest BCUT2D eigenvalue weighted by molar-refractivity contribution is 5.71. The zero-order valence-corrected chi connectivity index (χ0v) is 14.9. The minimum atomic E-state index is 0.203. The second kappa shape index (κ2) is 7.57. The molecule has 1 atom stereocenters. The van der Waals surface area contributed by atoms with Gasteiger partial charge >= 0.3 is 0 Å². The molecule has 1 unspecified atom stereocenters. The van der Waals surface area contributed by atoms with Crippen LogP contribution < -0.4 is 15.2 Å². The molecule has 2 aromatic rings. The van der Waals surface area contributed by atoms with Crippen LogP contribution in [0.15, 0.2) is 43.0 Å². The first-order chi connectivity index (χ1) is 12.1. The normalized spacial score (nSPS) is 17.4. The lowest BCUT2D eigenvalue weighted by atomic mass is 10.0. The van der Waals surface area contributed by atoms with Gasteiger partial charge in [-0.15, -0.1) is 6.58 Å². The Morgan fingerprint density at radius 2 is 2.20 bits per heavy atom. The third-order valence-corrected chi connectivity index (χ3v) is 4.44. The van der Waals surface area contributed by atoms with Crippen LogP contribution in [0.4, 0.5) is 5.82 Å². The van der Waals surface area contributed by atoms with Crippen LogP contribution in [-0.4, -0.2) is 43.2 Å². The van der Waals surface area contributed by atoms with Gasteiger partial charge in [-0.3, -0.25) is 0 Å². The Morgan fingerprint density at radius 3 is 2.84 bits per heavy atom. The molecular formula is C20H25N3O2. The van der Waals surface area contributed by atoms with Crippen LogP contribution in [0.3, 0.4) is 0 Å². The summed E-state index contributed by atoms with van der Waals surface area (Å²) in [7, 11) is 3.77. The highest BCUT2D eigenvalue weighted by Crippen LogP contribution is 2.37. The molecular weight excluding hydrogens is 314 g/mol. The number of nitrogens with two attached hydrogens (primary N) is 1. The lowest BCUT2D eigenvalue weighted by molar-refractivity contribution is 0.206. The summed E-state index contributed by atoms with van der Waals surface area (Å²) in [6.07, 6.45) is 3.84. The average molecular weight is 339 g/mol. The van der Waals surface area contributed by atoms with E-state index in [0.29, 0.717) is 5.82 Å². The van der Waals surface area contributed by atoms with Gasteiger partial charge in [0.05, 0.1) is 12.8 Å². The third kappa shape index (κ3) is 3.94. The lowest BCUT2D eigenvalue weighted by Gasteiger charge is -2.19. The fourth-order valence-corrected chi connectivity index (χ4v) is 3.17. The third-order valence-electron chi connectivity index (χ3n) is 4.44. The zero-order chi connectivity index (χ0) is 17.8. The van der Waals surface area contributed by atoms with Gasteiger partial charge in [0.15, 0.2) is 0 Å². The van der Waals surface area contributed by atoms with Crippen molar-refractivity contribution in [1.29, 1.82) is 0 Å². The van der Waals surface area contributed by atoms with E-state index in [1.54, 1.807) is 13.2 Å². The Morgan fingerprint density at radius 1 is 1.36 bits per heavy atom. The van der Waals surface area contributed by atoms with Gasteiger partial charge in [0.1, 0.15) is 23.4 Å². The second-order valence-corrected chi connectivity index (χ2v) is 6.39. The molecule has 1 aliphatic rings. The molecule has 0 bridgehead atoms. The molecule has 1 saturated heterocycles. The first kappa shape index (κ1) is 17.3. The van der Waals surface area contributed by atoms with Crippen molar-refractivity contribution in [3.63, 3.8) is 0 Å². The molecule has 2 heterocycles. The summed E-state index contributed by atoms with van der Waals surface area (Å²) in [5, 5.41) is 0. The lowest BCUT2D eigenvalue weighted by Crippen LogP contribution is -2.22. The van der Waals surface area contributed by atoms with Gasteiger partial charge < -0.3 is 20.1 Å². The number of methoxy groups -OCH3 is 1. The monoisotopic (exact) mass is 339 g/mol. The van der Waals surface area contributed by atoms with E-state index in [9.17, 15) is 0 Å². The molecule has 25 heavy (non-hydrogen) atoms. The average Bonchev–Trinajstić information content (AvgIpc) is 3.01. The predicted octanol–water partition coefficient (Wildman–Crippen LogP) is 3.15. The van der Waals surface area contributed by atoms with E-state index in [4.69, 9.17) is 15.2 Å². The molecule has 1 aromatic carbocycles. The number of nitrogen functional groups attached to an aromatic ring is 1. The predicted molar refractivity (Wildman–Crippen MR) is 101 cm³/mol. The number of hydrogen-bond donors (Lipinski definition) is 1. The number of hydrogen-bond acceptors (Lipinski definition) is 5. The van der Waals surface area contributed by atoms with E-state index in [1.165, 1.54) is 0 Å². The number of nitrogens with zero attached hydrogens (tertiary/aromatic N) is 2. The number of allylic oxidation sites excluding steroid dienone is 1. The van der Waals surface area contributed by atoms with Crippen LogP contribution in [0.2, 0.25) is 0 Å². The first-order valence-electron chi connectivity index (χ1n) is 8.50. The maximum atomic E-state index is 6.27. The molecule has 5 heteroatoms. The SMILES string of the molecule is C=CCc1cc(-c2cccc(N)n2)c(OC)cc1OC1CCN(C)C1. The molecule has 0 amide bonds. The van der Waals surface area contributed by atoms with Crippen molar-refractivity contribution in [3.8, 4) is 22.8 Å². The number of ether oxygens (including phenoxy) is 2. The minimum absolute atomic E-state index is 0.203. The highest BCUT2D eigenvalue weighted by atomic mass is 16.5. The Kier molecular flexibility index (Phi) is 5.24. The fourth-order valence-electron chi connectivity index (χ4n) is 3.17. The van der Waals surface area contributed by atoms with Gasteiger partial charge in [0.2, 0.25) is 0 Å². The van der Waals surface area contributed by atoms with Crippen molar-refractivity contribution in [2.75, 3.05) is 33.0 Å². The van der Waals surface area contributed by atoms with Crippen LogP contribution >= 0.6 is 0 Å². The summed E-state index contributed by atoms with van der Waals surface area (Å²) < 4.78 is 11.9. The molecule has 5 nitrogen and oxygen atoms in total. The molecule has 1 aromatic heterocycles. The van der Waals surface area contributed by atoms with Crippen molar-refractivity contribution < 1.29 is 9.47 Å². The minimum Gasteiger partial charge on any atom is -0.496 e. The molecule has 132 valence electrons. The zero-order valence-electron chi connectivity index (χ0n) is 14.9. The van der Waals surface area contributed by atoms with Crippen molar-refractivity contribution in [3.05, 3.63) is 48.6 Å². The molecule has 3 rings (SSSR count). The van der Waals surface area contributed by atoms with Gasteiger partial charge in [0.25, 0.3) is 0 Å². The number of benzene rings is 1. The van der Waals surface area contributed by atoms with E-state index >= 15 is 0 Å². The van der Waals surface area contributed by atoms with E-state index in [-0.39, 0.29) is 6.10 Å². The summed E-state index contributed by atoms with van der Waals surface area (Å²) >= 11 is 0. The number of pyridine rings is 1. The molecule has 2 N–H and O–H groups in total. The number of rotatable bonds is 6. The fraction of sp³-hybridized carbons (Fsp3) is 0.350. The van der Waals surface area contributed by atoms with Gasteiger partial charge in [0, 0.05) is 24.7 Å². The van der Waals surface area contributed by atoms with E-state index in [1.807, 2.05) is 24.3 Å². The topological polar surface area (TPSA) is 60.6 Å². The standard InChI is InChI=1S/C20H25N3O2/c1-4-6-14-11-16(17-7-5-8-20(21)22-17)19(24-3)12-18(14)25-15-9-10-23(2)13-15/h4-5,7-8,11-12,15H,1,6,9-10,13H2,2-3H3,(H2,21,22). The van der Waals surface area contributed by atoms with Gasteiger partial charge in [-0.05, 0) is 43.7 Å².